The zero-order valence-corrected chi connectivity index (χ0v) is 17.9. The van der Waals surface area contributed by atoms with Crippen molar-refractivity contribution in [3.8, 4) is 11.5 Å². The van der Waals surface area contributed by atoms with Crippen molar-refractivity contribution in [3.63, 3.8) is 0 Å². The molecule has 0 aliphatic carbocycles. The molecule has 158 valence electrons. The molecule has 0 heterocycles. The topological polar surface area (TPSA) is 84.9 Å². The van der Waals surface area contributed by atoms with Crippen LogP contribution in [0.1, 0.15) is 25.3 Å². The van der Waals surface area contributed by atoms with E-state index in [1.807, 2.05) is 31.2 Å². The Balaban J connectivity index is 1.89. The van der Waals surface area contributed by atoms with Crippen molar-refractivity contribution in [1.82, 2.24) is 5.32 Å². The summed E-state index contributed by atoms with van der Waals surface area (Å²) in [4.78, 5) is 12.2. The van der Waals surface area contributed by atoms with E-state index in [4.69, 9.17) is 9.47 Å². The minimum atomic E-state index is -3.47. The Kier molecular flexibility index (Phi) is 8.33. The summed E-state index contributed by atoms with van der Waals surface area (Å²) in [6.45, 7) is 3.10. The second-order valence-electron chi connectivity index (χ2n) is 6.50. The molecule has 0 bridgehead atoms. The first kappa shape index (κ1) is 22.5. The van der Waals surface area contributed by atoms with E-state index in [2.05, 4.69) is 5.32 Å². The van der Waals surface area contributed by atoms with E-state index < -0.39 is 10.0 Å². The lowest BCUT2D eigenvalue weighted by molar-refractivity contribution is -0.121. The van der Waals surface area contributed by atoms with E-state index in [0.29, 0.717) is 31.0 Å². The molecule has 0 spiro atoms. The summed E-state index contributed by atoms with van der Waals surface area (Å²) in [6, 6.07) is 14.4. The van der Waals surface area contributed by atoms with Crippen LogP contribution in [0.2, 0.25) is 0 Å². The number of rotatable bonds is 11. The minimum absolute atomic E-state index is 0.133. The molecule has 2 aromatic carbocycles. The maximum absolute atomic E-state index is 12.2. The number of methoxy groups -OCH3 is 1. The van der Waals surface area contributed by atoms with Crippen LogP contribution >= 0.6 is 0 Å². The molecule has 0 radical (unpaired) electrons. The summed E-state index contributed by atoms with van der Waals surface area (Å²) in [7, 11) is -1.95. The van der Waals surface area contributed by atoms with E-state index >= 15 is 0 Å². The van der Waals surface area contributed by atoms with Gasteiger partial charge in [-0.25, -0.2) is 8.42 Å². The Morgan fingerprint density at radius 2 is 1.83 bits per heavy atom. The second kappa shape index (κ2) is 10.7. The molecule has 0 saturated carbocycles. The second-order valence-corrected chi connectivity index (χ2v) is 8.40. The number of hydrogen-bond acceptors (Lipinski definition) is 5. The number of anilines is 1. The van der Waals surface area contributed by atoms with Gasteiger partial charge >= 0.3 is 0 Å². The molecular formula is C21H28N2O5S. The van der Waals surface area contributed by atoms with Gasteiger partial charge < -0.3 is 14.8 Å². The first-order chi connectivity index (χ1) is 13.8. The van der Waals surface area contributed by atoms with Crippen LogP contribution in [0, 0.1) is 0 Å². The molecule has 0 aliphatic heterocycles. The van der Waals surface area contributed by atoms with Crippen LogP contribution < -0.4 is 19.1 Å². The van der Waals surface area contributed by atoms with Crippen molar-refractivity contribution in [3.05, 3.63) is 54.1 Å². The van der Waals surface area contributed by atoms with Gasteiger partial charge in [-0.2, -0.15) is 0 Å². The van der Waals surface area contributed by atoms with Gasteiger partial charge in [-0.15, -0.1) is 0 Å². The first-order valence-electron chi connectivity index (χ1n) is 9.43. The molecule has 2 aromatic rings. The summed E-state index contributed by atoms with van der Waals surface area (Å²) in [5, 5.41) is 2.86. The summed E-state index contributed by atoms with van der Waals surface area (Å²) < 4.78 is 36.3. The van der Waals surface area contributed by atoms with Crippen molar-refractivity contribution >= 4 is 21.6 Å². The SMILES string of the molecule is CCOc1cccc(CNC(=O)CCCN(c2cccc(OC)c2)S(C)(=O)=O)c1. The number of nitrogens with zero attached hydrogens (tertiary/aromatic N) is 1. The Hall–Kier alpha value is -2.74. The number of ether oxygens (including phenoxy) is 2. The van der Waals surface area contributed by atoms with Gasteiger partial charge in [-0.3, -0.25) is 9.10 Å². The molecular weight excluding hydrogens is 392 g/mol. The highest BCUT2D eigenvalue weighted by Gasteiger charge is 2.18. The van der Waals surface area contributed by atoms with Gasteiger partial charge in [0.1, 0.15) is 11.5 Å². The third-order valence-electron chi connectivity index (χ3n) is 4.21. The summed E-state index contributed by atoms with van der Waals surface area (Å²) in [5.74, 6) is 1.20. The number of carbonyl (C=O) groups excluding carboxylic acids is 1. The van der Waals surface area contributed by atoms with Gasteiger partial charge in [0.2, 0.25) is 15.9 Å². The van der Waals surface area contributed by atoms with E-state index in [1.165, 1.54) is 11.4 Å². The number of hydrogen-bond donors (Lipinski definition) is 1. The Morgan fingerprint density at radius 1 is 1.10 bits per heavy atom. The normalized spacial score (nSPS) is 11.0. The van der Waals surface area contributed by atoms with Crippen molar-refractivity contribution in [2.75, 3.05) is 30.8 Å². The molecule has 0 aromatic heterocycles. The fourth-order valence-corrected chi connectivity index (χ4v) is 3.79. The maximum Gasteiger partial charge on any atom is 0.232 e. The third kappa shape index (κ3) is 7.30. The molecule has 1 N–H and O–H groups in total. The summed E-state index contributed by atoms with van der Waals surface area (Å²) in [6.07, 6.45) is 1.77. The summed E-state index contributed by atoms with van der Waals surface area (Å²) >= 11 is 0. The lowest BCUT2D eigenvalue weighted by Crippen LogP contribution is -2.32. The summed E-state index contributed by atoms with van der Waals surface area (Å²) in [5.41, 5.74) is 1.46. The van der Waals surface area contributed by atoms with Gasteiger partial charge in [-0.05, 0) is 43.2 Å². The Labute approximate surface area is 172 Å². The maximum atomic E-state index is 12.2. The van der Waals surface area contributed by atoms with Crippen LogP contribution in [0.15, 0.2) is 48.5 Å². The van der Waals surface area contributed by atoms with E-state index in [0.717, 1.165) is 17.6 Å². The monoisotopic (exact) mass is 420 g/mol. The van der Waals surface area contributed by atoms with Crippen LogP contribution in [0.5, 0.6) is 11.5 Å². The number of benzene rings is 2. The smallest absolute Gasteiger partial charge is 0.232 e. The average molecular weight is 421 g/mol. The molecule has 2 rings (SSSR count). The Bertz CT molecular complexity index is 915. The average Bonchev–Trinajstić information content (AvgIpc) is 2.69. The van der Waals surface area contributed by atoms with Gasteiger partial charge in [0.25, 0.3) is 0 Å². The number of amides is 1. The predicted octanol–water partition coefficient (Wildman–Crippen LogP) is 2.96. The van der Waals surface area contributed by atoms with Crippen LogP contribution in [-0.2, 0) is 21.4 Å². The molecule has 0 saturated heterocycles. The largest absolute Gasteiger partial charge is 0.497 e. The zero-order valence-electron chi connectivity index (χ0n) is 17.1. The number of sulfonamides is 1. The van der Waals surface area contributed by atoms with Gasteiger partial charge in [-0.1, -0.05) is 18.2 Å². The van der Waals surface area contributed by atoms with Crippen molar-refractivity contribution in [1.29, 1.82) is 0 Å². The molecule has 0 atom stereocenters. The van der Waals surface area contributed by atoms with Gasteiger partial charge in [0, 0.05) is 25.6 Å². The van der Waals surface area contributed by atoms with E-state index in [1.54, 1.807) is 24.3 Å². The fraction of sp³-hybridized carbons (Fsp3) is 0.381. The van der Waals surface area contributed by atoms with Crippen molar-refractivity contribution in [2.24, 2.45) is 0 Å². The van der Waals surface area contributed by atoms with E-state index in [9.17, 15) is 13.2 Å². The zero-order chi connectivity index (χ0) is 21.3. The molecule has 29 heavy (non-hydrogen) atoms. The first-order valence-corrected chi connectivity index (χ1v) is 11.3. The van der Waals surface area contributed by atoms with Crippen molar-refractivity contribution < 1.29 is 22.7 Å². The highest BCUT2D eigenvalue weighted by atomic mass is 32.2. The number of carbonyl (C=O) groups is 1. The van der Waals surface area contributed by atoms with Gasteiger partial charge in [0.15, 0.2) is 0 Å². The fourth-order valence-electron chi connectivity index (χ4n) is 2.84. The van der Waals surface area contributed by atoms with Crippen LogP contribution in [0.3, 0.4) is 0 Å². The quantitative estimate of drug-likeness (QED) is 0.604. The standard InChI is InChI=1S/C21H28N2O5S/c1-4-28-20-11-5-8-17(14-20)16-22-21(24)12-7-13-23(29(3,25)26)18-9-6-10-19(15-18)27-2/h5-6,8-11,14-15H,4,7,12-13,16H2,1-3H3,(H,22,24). The van der Waals surface area contributed by atoms with Gasteiger partial charge in [0.05, 0.1) is 25.7 Å². The predicted molar refractivity (Wildman–Crippen MR) is 114 cm³/mol. The third-order valence-corrected chi connectivity index (χ3v) is 5.40. The van der Waals surface area contributed by atoms with E-state index in [-0.39, 0.29) is 18.9 Å². The van der Waals surface area contributed by atoms with Crippen molar-refractivity contribution in [2.45, 2.75) is 26.3 Å². The minimum Gasteiger partial charge on any atom is -0.497 e. The molecule has 1 amide bonds. The van der Waals surface area contributed by atoms with Crippen LogP contribution in [0.4, 0.5) is 5.69 Å². The van der Waals surface area contributed by atoms with Crippen LogP contribution in [0.25, 0.3) is 0 Å². The lowest BCUT2D eigenvalue weighted by atomic mass is 10.2. The molecule has 0 unspecified atom stereocenters. The Morgan fingerprint density at radius 3 is 2.52 bits per heavy atom. The highest BCUT2D eigenvalue weighted by molar-refractivity contribution is 7.92. The molecule has 8 heteroatoms. The molecule has 0 fully saturated rings. The lowest BCUT2D eigenvalue weighted by Gasteiger charge is -2.22. The molecule has 0 aliphatic rings. The van der Waals surface area contributed by atoms with Crippen LogP contribution in [-0.4, -0.2) is 40.8 Å². The highest BCUT2D eigenvalue weighted by Crippen LogP contribution is 2.23. The number of nitrogens with one attached hydrogen (secondary N) is 1. The molecule has 7 nitrogen and oxygen atoms in total.